The lowest BCUT2D eigenvalue weighted by atomic mass is 9.92. The number of nitrogens with zero attached hydrogens (tertiary/aromatic N) is 1. The van der Waals surface area contributed by atoms with Gasteiger partial charge in [0.1, 0.15) is 0 Å². The van der Waals surface area contributed by atoms with E-state index in [1.54, 1.807) is 0 Å². The minimum atomic E-state index is 0.288. The van der Waals surface area contributed by atoms with Gasteiger partial charge in [-0.25, -0.2) is 0 Å². The molecule has 0 aliphatic carbocycles. The first kappa shape index (κ1) is 13.6. The van der Waals surface area contributed by atoms with Gasteiger partial charge in [0.2, 0.25) is 0 Å². The van der Waals surface area contributed by atoms with E-state index in [2.05, 4.69) is 35.2 Å². The van der Waals surface area contributed by atoms with Gasteiger partial charge in [-0.05, 0) is 29.2 Å². The third kappa shape index (κ3) is 2.59. The molecular weight excluding hydrogens is 268 g/mol. The van der Waals surface area contributed by atoms with E-state index in [4.69, 9.17) is 17.3 Å². The van der Waals surface area contributed by atoms with Crippen LogP contribution in [-0.4, -0.2) is 18.0 Å². The Labute approximate surface area is 125 Å². The van der Waals surface area contributed by atoms with E-state index in [0.717, 1.165) is 24.5 Å². The number of hydrogen-bond donors (Lipinski definition) is 1. The van der Waals surface area contributed by atoms with E-state index in [9.17, 15) is 0 Å². The van der Waals surface area contributed by atoms with Crippen LogP contribution in [0.5, 0.6) is 0 Å². The molecule has 0 fully saturated rings. The molecule has 104 valence electrons. The van der Waals surface area contributed by atoms with Crippen LogP contribution in [0.4, 0.5) is 0 Å². The zero-order valence-electron chi connectivity index (χ0n) is 11.4. The lowest BCUT2D eigenvalue weighted by molar-refractivity contribution is 0.181. The average molecular weight is 287 g/mol. The predicted molar refractivity (Wildman–Crippen MR) is 83.8 cm³/mol. The van der Waals surface area contributed by atoms with E-state index in [0.29, 0.717) is 6.54 Å². The molecule has 1 heterocycles. The number of halogens is 1. The first-order valence-corrected chi connectivity index (χ1v) is 7.42. The molecule has 3 rings (SSSR count). The monoisotopic (exact) mass is 286 g/mol. The van der Waals surface area contributed by atoms with Gasteiger partial charge in [0, 0.05) is 30.7 Å². The summed E-state index contributed by atoms with van der Waals surface area (Å²) in [4.78, 5) is 2.43. The molecule has 1 aliphatic rings. The molecule has 2 nitrogen and oxygen atoms in total. The maximum atomic E-state index is 6.28. The van der Waals surface area contributed by atoms with Crippen LogP contribution in [0.2, 0.25) is 5.02 Å². The molecule has 0 spiro atoms. The Morgan fingerprint density at radius 1 is 1.10 bits per heavy atom. The van der Waals surface area contributed by atoms with Crippen LogP contribution in [0.1, 0.15) is 22.7 Å². The molecule has 1 unspecified atom stereocenters. The molecule has 2 N–H and O–H groups in total. The Morgan fingerprint density at radius 2 is 1.85 bits per heavy atom. The van der Waals surface area contributed by atoms with Gasteiger partial charge in [0.25, 0.3) is 0 Å². The molecule has 2 aromatic carbocycles. The second-order valence-corrected chi connectivity index (χ2v) is 5.67. The fraction of sp³-hybridized carbons (Fsp3) is 0.294. The highest BCUT2D eigenvalue weighted by atomic mass is 35.5. The summed E-state index contributed by atoms with van der Waals surface area (Å²) >= 11 is 6.28. The zero-order valence-corrected chi connectivity index (χ0v) is 12.2. The van der Waals surface area contributed by atoms with Crippen molar-refractivity contribution in [1.29, 1.82) is 0 Å². The van der Waals surface area contributed by atoms with Gasteiger partial charge in [0.15, 0.2) is 0 Å². The molecule has 20 heavy (non-hydrogen) atoms. The molecule has 0 bridgehead atoms. The van der Waals surface area contributed by atoms with Crippen LogP contribution in [0.25, 0.3) is 0 Å². The summed E-state index contributed by atoms with van der Waals surface area (Å²) in [6.07, 6.45) is 1.08. The number of rotatable bonds is 3. The van der Waals surface area contributed by atoms with Crippen molar-refractivity contribution in [3.8, 4) is 0 Å². The molecular formula is C17H19ClN2. The van der Waals surface area contributed by atoms with Gasteiger partial charge < -0.3 is 5.73 Å². The largest absolute Gasteiger partial charge is 0.329 e. The van der Waals surface area contributed by atoms with Crippen molar-refractivity contribution in [3.05, 3.63) is 70.2 Å². The molecule has 0 aromatic heterocycles. The lowest BCUT2D eigenvalue weighted by Crippen LogP contribution is -2.38. The molecule has 1 aliphatic heterocycles. The summed E-state index contributed by atoms with van der Waals surface area (Å²) in [7, 11) is 0. The highest BCUT2D eigenvalue weighted by molar-refractivity contribution is 6.31. The zero-order chi connectivity index (χ0) is 13.9. The fourth-order valence-electron chi connectivity index (χ4n) is 3.01. The Morgan fingerprint density at radius 3 is 2.65 bits per heavy atom. The number of nitrogens with two attached hydrogens (primary N) is 1. The van der Waals surface area contributed by atoms with Crippen molar-refractivity contribution < 1.29 is 0 Å². The SMILES string of the molecule is NCC1c2ccccc2CCN1Cc1ccccc1Cl. The lowest BCUT2D eigenvalue weighted by Gasteiger charge is -2.37. The topological polar surface area (TPSA) is 29.3 Å². The van der Waals surface area contributed by atoms with Crippen molar-refractivity contribution >= 4 is 11.6 Å². The predicted octanol–water partition coefficient (Wildman–Crippen LogP) is 3.40. The van der Waals surface area contributed by atoms with Crippen LogP contribution in [-0.2, 0) is 13.0 Å². The van der Waals surface area contributed by atoms with Crippen molar-refractivity contribution in [1.82, 2.24) is 4.90 Å². The average Bonchev–Trinajstić information content (AvgIpc) is 2.49. The van der Waals surface area contributed by atoms with E-state index in [1.165, 1.54) is 16.7 Å². The first-order chi connectivity index (χ1) is 9.79. The maximum absolute atomic E-state index is 6.28. The van der Waals surface area contributed by atoms with E-state index in [1.807, 2.05) is 18.2 Å². The van der Waals surface area contributed by atoms with Gasteiger partial charge in [-0.2, -0.15) is 0 Å². The Hall–Kier alpha value is -1.35. The summed E-state index contributed by atoms with van der Waals surface area (Å²) in [5, 5.41) is 0.835. The maximum Gasteiger partial charge on any atom is 0.0476 e. The minimum absolute atomic E-state index is 0.288. The van der Waals surface area contributed by atoms with Crippen molar-refractivity contribution in [2.75, 3.05) is 13.1 Å². The van der Waals surface area contributed by atoms with Crippen LogP contribution >= 0.6 is 11.6 Å². The van der Waals surface area contributed by atoms with Crippen molar-refractivity contribution in [2.45, 2.75) is 19.0 Å². The molecule has 0 amide bonds. The van der Waals surface area contributed by atoms with Crippen LogP contribution in [0.3, 0.4) is 0 Å². The molecule has 1 atom stereocenters. The first-order valence-electron chi connectivity index (χ1n) is 7.05. The normalized spacial score (nSPS) is 18.8. The smallest absolute Gasteiger partial charge is 0.0476 e. The van der Waals surface area contributed by atoms with Gasteiger partial charge in [-0.15, -0.1) is 0 Å². The van der Waals surface area contributed by atoms with Crippen LogP contribution in [0, 0.1) is 0 Å². The third-order valence-electron chi connectivity index (χ3n) is 4.08. The van der Waals surface area contributed by atoms with Gasteiger partial charge >= 0.3 is 0 Å². The standard InChI is InChI=1S/C17H19ClN2/c18-16-8-4-2-6-14(16)12-20-10-9-13-5-1-3-7-15(13)17(20)11-19/h1-8,17H,9-12,19H2. The molecule has 0 saturated heterocycles. The summed E-state index contributed by atoms with van der Waals surface area (Å²) in [6, 6.07) is 17.0. The Kier molecular flexibility index (Phi) is 4.06. The Bertz CT molecular complexity index is 597. The summed E-state index contributed by atoms with van der Waals surface area (Å²) in [6.45, 7) is 2.53. The highest BCUT2D eigenvalue weighted by Crippen LogP contribution is 2.31. The highest BCUT2D eigenvalue weighted by Gasteiger charge is 2.26. The number of fused-ring (bicyclic) bond motifs is 1. The third-order valence-corrected chi connectivity index (χ3v) is 4.45. The van der Waals surface area contributed by atoms with E-state index in [-0.39, 0.29) is 6.04 Å². The van der Waals surface area contributed by atoms with Gasteiger partial charge in [-0.3, -0.25) is 4.90 Å². The summed E-state index contributed by atoms with van der Waals surface area (Å²) in [5.74, 6) is 0. The van der Waals surface area contributed by atoms with Gasteiger partial charge in [-0.1, -0.05) is 54.1 Å². The van der Waals surface area contributed by atoms with Crippen molar-refractivity contribution in [2.24, 2.45) is 5.73 Å². The fourth-order valence-corrected chi connectivity index (χ4v) is 3.21. The number of hydrogen-bond acceptors (Lipinski definition) is 2. The number of benzene rings is 2. The quantitative estimate of drug-likeness (QED) is 0.937. The van der Waals surface area contributed by atoms with Crippen LogP contribution < -0.4 is 5.73 Å². The second-order valence-electron chi connectivity index (χ2n) is 5.26. The molecule has 0 radical (unpaired) electrons. The van der Waals surface area contributed by atoms with Crippen molar-refractivity contribution in [3.63, 3.8) is 0 Å². The van der Waals surface area contributed by atoms with Crippen LogP contribution in [0.15, 0.2) is 48.5 Å². The second kappa shape index (κ2) is 5.96. The molecule has 3 heteroatoms. The summed E-state index contributed by atoms with van der Waals surface area (Å²) < 4.78 is 0. The minimum Gasteiger partial charge on any atom is -0.329 e. The van der Waals surface area contributed by atoms with E-state index < -0.39 is 0 Å². The molecule has 2 aromatic rings. The van der Waals surface area contributed by atoms with Gasteiger partial charge in [0.05, 0.1) is 0 Å². The Balaban J connectivity index is 1.87. The van der Waals surface area contributed by atoms with E-state index >= 15 is 0 Å². The molecule has 0 saturated carbocycles. The summed E-state index contributed by atoms with van der Waals surface area (Å²) in [5.41, 5.74) is 10.00.